The number of benzene rings is 2. The highest BCUT2D eigenvalue weighted by Crippen LogP contribution is 2.35. The molecule has 170 valence electrons. The number of anilines is 1. The van der Waals surface area contributed by atoms with Crippen molar-refractivity contribution in [3.8, 4) is 5.75 Å². The number of carbonyl (C=O) groups is 2. The maximum atomic E-state index is 13.8. The van der Waals surface area contributed by atoms with Gasteiger partial charge in [-0.1, -0.05) is 19.3 Å². The van der Waals surface area contributed by atoms with Gasteiger partial charge in [-0.3, -0.25) is 9.59 Å². The van der Waals surface area contributed by atoms with E-state index < -0.39 is 22.0 Å². The van der Waals surface area contributed by atoms with Crippen LogP contribution in [0.3, 0.4) is 0 Å². The first-order valence-electron chi connectivity index (χ1n) is 10.6. The molecule has 7 nitrogen and oxygen atoms in total. The van der Waals surface area contributed by atoms with Gasteiger partial charge in [0.15, 0.2) is 0 Å². The van der Waals surface area contributed by atoms with E-state index in [0.717, 1.165) is 27.7 Å². The van der Waals surface area contributed by atoms with Crippen LogP contribution >= 0.6 is 22.6 Å². The van der Waals surface area contributed by atoms with Crippen molar-refractivity contribution in [3.05, 3.63) is 52.1 Å². The third-order valence-corrected chi connectivity index (χ3v) is 8.78. The third-order valence-electron chi connectivity index (χ3n) is 6.08. The van der Waals surface area contributed by atoms with Crippen molar-refractivity contribution in [2.24, 2.45) is 0 Å². The summed E-state index contributed by atoms with van der Waals surface area (Å²) in [5.41, 5.74) is 0.466. The molecule has 2 aromatic carbocycles. The van der Waals surface area contributed by atoms with Crippen molar-refractivity contribution < 1.29 is 22.7 Å². The molecule has 9 heteroatoms. The summed E-state index contributed by atoms with van der Waals surface area (Å²) in [7, 11) is -2.49. The van der Waals surface area contributed by atoms with Crippen LogP contribution in [0.15, 0.2) is 53.4 Å². The Morgan fingerprint density at radius 1 is 0.969 bits per heavy atom. The molecule has 0 bridgehead atoms. The Morgan fingerprint density at radius 3 is 2.19 bits per heavy atom. The molecule has 0 N–H and O–H groups in total. The smallest absolute Gasteiger partial charge is 0.252 e. The Kier molecular flexibility index (Phi) is 6.87. The summed E-state index contributed by atoms with van der Waals surface area (Å²) >= 11 is 2.15. The van der Waals surface area contributed by atoms with Gasteiger partial charge in [0.2, 0.25) is 15.9 Å². The lowest BCUT2D eigenvalue weighted by Gasteiger charge is -2.36. The summed E-state index contributed by atoms with van der Waals surface area (Å²) in [6, 6.07) is 11.9. The highest BCUT2D eigenvalue weighted by molar-refractivity contribution is 14.1. The average molecular weight is 568 g/mol. The lowest BCUT2D eigenvalue weighted by molar-refractivity contribution is -0.122. The number of carbonyl (C=O) groups excluding carboxylic acids is 2. The number of halogens is 1. The van der Waals surface area contributed by atoms with Crippen LogP contribution < -0.4 is 9.64 Å². The second-order valence-corrected chi connectivity index (χ2v) is 11.2. The van der Waals surface area contributed by atoms with Gasteiger partial charge >= 0.3 is 0 Å². The molecule has 1 atom stereocenters. The number of nitrogens with zero attached hydrogens (tertiary/aromatic N) is 2. The monoisotopic (exact) mass is 568 g/mol. The molecule has 1 unspecified atom stereocenters. The van der Waals surface area contributed by atoms with Crippen molar-refractivity contribution >= 4 is 50.1 Å². The van der Waals surface area contributed by atoms with Crippen molar-refractivity contribution in [3.63, 3.8) is 0 Å². The standard InChI is InChI=1S/C23H25IN2O5S/c1-31-19-11-13-20(14-12-19)32(29,30)26(18-5-3-2-4-6-18)21-15-22(27)25(23(21)28)17-9-7-16(24)8-10-17/h7-14,18,21H,2-6,15H2,1H3. The largest absolute Gasteiger partial charge is 0.497 e. The molecule has 0 aromatic heterocycles. The van der Waals surface area contributed by atoms with E-state index in [1.165, 1.54) is 23.5 Å². The quantitative estimate of drug-likeness (QED) is 0.390. The van der Waals surface area contributed by atoms with Crippen molar-refractivity contribution in [1.82, 2.24) is 4.31 Å². The molecule has 0 radical (unpaired) electrons. The molecule has 1 saturated heterocycles. The highest BCUT2D eigenvalue weighted by Gasteiger charge is 2.49. The predicted molar refractivity (Wildman–Crippen MR) is 129 cm³/mol. The van der Waals surface area contributed by atoms with Crippen molar-refractivity contribution in [2.45, 2.75) is 55.5 Å². The zero-order valence-electron chi connectivity index (χ0n) is 17.7. The number of methoxy groups -OCH3 is 1. The number of ether oxygens (including phenoxy) is 1. The predicted octanol–water partition coefficient (Wildman–Crippen LogP) is 3.96. The second-order valence-electron chi connectivity index (χ2n) is 8.07. The molecule has 2 amide bonds. The molecule has 4 rings (SSSR count). The maximum absolute atomic E-state index is 13.8. The lowest BCUT2D eigenvalue weighted by atomic mass is 9.94. The van der Waals surface area contributed by atoms with E-state index in [0.29, 0.717) is 24.3 Å². The van der Waals surface area contributed by atoms with Crippen LogP contribution in [0.2, 0.25) is 0 Å². The van der Waals surface area contributed by atoms with E-state index in [2.05, 4.69) is 22.6 Å². The average Bonchev–Trinajstić information content (AvgIpc) is 3.08. The normalized spacial score (nSPS) is 20.2. The van der Waals surface area contributed by atoms with Crippen LogP contribution in [0.25, 0.3) is 0 Å². The molecule has 2 aliphatic rings. The van der Waals surface area contributed by atoms with Crippen LogP contribution in [0, 0.1) is 3.57 Å². The third kappa shape index (κ3) is 4.42. The minimum absolute atomic E-state index is 0.0943. The summed E-state index contributed by atoms with van der Waals surface area (Å²) in [6.45, 7) is 0. The second kappa shape index (κ2) is 9.48. The van der Waals surface area contributed by atoms with E-state index in [1.807, 2.05) is 12.1 Å². The summed E-state index contributed by atoms with van der Waals surface area (Å²) in [4.78, 5) is 27.5. The van der Waals surface area contributed by atoms with Gasteiger partial charge in [0.05, 0.1) is 24.1 Å². The summed E-state index contributed by atoms with van der Waals surface area (Å²) < 4.78 is 35.0. The van der Waals surface area contributed by atoms with Gasteiger partial charge in [0.1, 0.15) is 11.8 Å². The van der Waals surface area contributed by atoms with Crippen LogP contribution in [0.1, 0.15) is 38.5 Å². The van der Waals surface area contributed by atoms with Crippen LogP contribution in [0.4, 0.5) is 5.69 Å². The molecule has 0 spiro atoms. The molecular weight excluding hydrogens is 543 g/mol. The van der Waals surface area contributed by atoms with E-state index in [4.69, 9.17) is 4.74 Å². The van der Waals surface area contributed by atoms with Gasteiger partial charge < -0.3 is 4.74 Å². The first kappa shape index (κ1) is 23.2. The summed E-state index contributed by atoms with van der Waals surface area (Å²) in [5, 5.41) is 0. The minimum Gasteiger partial charge on any atom is -0.497 e. The highest BCUT2D eigenvalue weighted by atomic mass is 127. The molecular formula is C23H25IN2O5S. The molecule has 2 aromatic rings. The van der Waals surface area contributed by atoms with Crippen LogP contribution in [-0.2, 0) is 19.6 Å². The van der Waals surface area contributed by atoms with E-state index in [-0.39, 0.29) is 23.3 Å². The fourth-order valence-corrected chi connectivity index (χ4v) is 6.69. The Balaban J connectivity index is 1.72. The molecule has 1 heterocycles. The molecule has 2 fully saturated rings. The van der Waals surface area contributed by atoms with Gasteiger partial charge in [-0.2, -0.15) is 4.31 Å². The Labute approximate surface area is 201 Å². The van der Waals surface area contributed by atoms with Crippen molar-refractivity contribution in [1.29, 1.82) is 0 Å². The number of rotatable bonds is 6. The van der Waals surface area contributed by atoms with Gasteiger partial charge in [-0.15, -0.1) is 0 Å². The first-order chi connectivity index (χ1) is 15.3. The molecule has 1 saturated carbocycles. The lowest BCUT2D eigenvalue weighted by Crippen LogP contribution is -2.51. The maximum Gasteiger partial charge on any atom is 0.252 e. The number of sulfonamides is 1. The summed E-state index contributed by atoms with van der Waals surface area (Å²) in [5.74, 6) is -0.323. The van der Waals surface area contributed by atoms with Gasteiger partial charge in [0.25, 0.3) is 5.91 Å². The topological polar surface area (TPSA) is 84.0 Å². The summed E-state index contributed by atoms with van der Waals surface area (Å²) in [6.07, 6.45) is 4.04. The molecule has 1 aliphatic carbocycles. The fraction of sp³-hybridized carbons (Fsp3) is 0.391. The zero-order chi connectivity index (χ0) is 22.9. The molecule has 1 aliphatic heterocycles. The van der Waals surface area contributed by atoms with Crippen LogP contribution in [-0.4, -0.2) is 43.7 Å². The van der Waals surface area contributed by atoms with E-state index >= 15 is 0 Å². The Bertz CT molecular complexity index is 1100. The minimum atomic E-state index is -4.00. The number of hydrogen-bond donors (Lipinski definition) is 0. The van der Waals surface area contributed by atoms with E-state index in [9.17, 15) is 18.0 Å². The van der Waals surface area contributed by atoms with E-state index in [1.54, 1.807) is 24.3 Å². The van der Waals surface area contributed by atoms with Crippen LogP contribution in [0.5, 0.6) is 5.75 Å². The van der Waals surface area contributed by atoms with Gasteiger partial charge in [-0.05, 0) is 84.0 Å². The Morgan fingerprint density at radius 2 is 1.59 bits per heavy atom. The van der Waals surface area contributed by atoms with Crippen molar-refractivity contribution in [2.75, 3.05) is 12.0 Å². The number of imide groups is 1. The Hall–Kier alpha value is -1.98. The SMILES string of the molecule is COc1ccc(S(=O)(=O)N(C2CCCCC2)C2CC(=O)N(c3ccc(I)cc3)C2=O)cc1. The fourth-order valence-electron chi connectivity index (χ4n) is 4.50. The molecule has 32 heavy (non-hydrogen) atoms. The van der Waals surface area contributed by atoms with Gasteiger partial charge in [-0.25, -0.2) is 13.3 Å². The first-order valence-corrected chi connectivity index (χ1v) is 13.1. The zero-order valence-corrected chi connectivity index (χ0v) is 20.7. The number of hydrogen-bond acceptors (Lipinski definition) is 5. The number of amides is 2. The van der Waals surface area contributed by atoms with Gasteiger partial charge in [0, 0.05) is 9.61 Å².